The van der Waals surface area contributed by atoms with Crippen LogP contribution in [0, 0.1) is 6.92 Å². The van der Waals surface area contributed by atoms with Gasteiger partial charge >= 0.3 is 0 Å². The van der Waals surface area contributed by atoms with Crippen molar-refractivity contribution in [2.24, 2.45) is 0 Å². The number of aromatic nitrogens is 1. The molecule has 0 radical (unpaired) electrons. The zero-order valence-corrected chi connectivity index (χ0v) is 11.9. The first-order chi connectivity index (χ1) is 9.65. The van der Waals surface area contributed by atoms with Gasteiger partial charge in [-0.2, -0.15) is 0 Å². The molecule has 1 heterocycles. The number of aryl methyl sites for hydroxylation is 1. The van der Waals surface area contributed by atoms with E-state index in [2.05, 4.69) is 10.3 Å². The molecule has 0 fully saturated rings. The van der Waals surface area contributed by atoms with Crippen LogP contribution in [0.3, 0.4) is 0 Å². The lowest BCUT2D eigenvalue weighted by Crippen LogP contribution is -2.15. The Hall–Kier alpha value is -2.07. The van der Waals surface area contributed by atoms with Crippen LogP contribution in [0.1, 0.15) is 12.0 Å². The molecule has 1 aromatic heterocycles. The molecule has 1 amide bonds. The van der Waals surface area contributed by atoms with Gasteiger partial charge in [0, 0.05) is 6.20 Å². The predicted octanol–water partition coefficient (Wildman–Crippen LogP) is 3.45. The molecule has 5 heteroatoms. The first-order valence-electron chi connectivity index (χ1n) is 6.25. The Balaban J connectivity index is 1.78. The van der Waals surface area contributed by atoms with Crippen LogP contribution in [0.4, 0.5) is 5.69 Å². The number of hydrogen-bond donors (Lipinski definition) is 1. The molecule has 0 aliphatic heterocycles. The molecule has 20 heavy (non-hydrogen) atoms. The van der Waals surface area contributed by atoms with Crippen LogP contribution in [0.2, 0.25) is 5.15 Å². The molecule has 0 aliphatic rings. The molecule has 0 spiro atoms. The highest BCUT2D eigenvalue weighted by atomic mass is 35.5. The highest BCUT2D eigenvalue weighted by Gasteiger charge is 2.06. The minimum absolute atomic E-state index is 0.160. The lowest BCUT2D eigenvalue weighted by molar-refractivity contribution is -0.116. The summed E-state index contributed by atoms with van der Waals surface area (Å²) in [6.45, 7) is 2.32. The van der Waals surface area contributed by atoms with Crippen LogP contribution in [-0.2, 0) is 4.79 Å². The SMILES string of the molecule is Cc1ccc(OCCC(=O)Nc2cccnc2Cl)cc1. The van der Waals surface area contributed by atoms with E-state index in [1.54, 1.807) is 18.3 Å². The zero-order chi connectivity index (χ0) is 14.4. The minimum atomic E-state index is -0.160. The smallest absolute Gasteiger partial charge is 0.227 e. The molecule has 0 saturated carbocycles. The lowest BCUT2D eigenvalue weighted by Gasteiger charge is -2.08. The van der Waals surface area contributed by atoms with Crippen LogP contribution in [0.5, 0.6) is 5.75 Å². The van der Waals surface area contributed by atoms with E-state index >= 15 is 0 Å². The van der Waals surface area contributed by atoms with E-state index in [1.807, 2.05) is 31.2 Å². The van der Waals surface area contributed by atoms with E-state index in [-0.39, 0.29) is 17.5 Å². The summed E-state index contributed by atoms with van der Waals surface area (Å²) in [7, 11) is 0. The number of ether oxygens (including phenoxy) is 1. The number of benzene rings is 1. The van der Waals surface area contributed by atoms with Gasteiger partial charge in [-0.15, -0.1) is 0 Å². The molecule has 0 atom stereocenters. The average Bonchev–Trinajstić information content (AvgIpc) is 2.44. The second kappa shape index (κ2) is 6.91. The summed E-state index contributed by atoms with van der Waals surface area (Å²) in [5.74, 6) is 0.592. The number of carbonyl (C=O) groups excluding carboxylic acids is 1. The highest BCUT2D eigenvalue weighted by Crippen LogP contribution is 2.17. The quantitative estimate of drug-likeness (QED) is 0.858. The molecule has 0 unspecified atom stereocenters. The van der Waals surface area contributed by atoms with Crippen molar-refractivity contribution in [1.29, 1.82) is 0 Å². The van der Waals surface area contributed by atoms with Gasteiger partial charge in [0.1, 0.15) is 5.75 Å². The second-order valence-electron chi connectivity index (χ2n) is 4.30. The average molecular weight is 291 g/mol. The molecule has 0 aliphatic carbocycles. The summed E-state index contributed by atoms with van der Waals surface area (Å²) in [5, 5.41) is 2.97. The molecule has 2 rings (SSSR count). The number of amides is 1. The van der Waals surface area contributed by atoms with Crippen molar-refractivity contribution >= 4 is 23.2 Å². The van der Waals surface area contributed by atoms with E-state index in [9.17, 15) is 4.79 Å². The van der Waals surface area contributed by atoms with Crippen LogP contribution in [0.25, 0.3) is 0 Å². The third-order valence-corrected chi connectivity index (χ3v) is 2.95. The summed E-state index contributed by atoms with van der Waals surface area (Å²) in [6, 6.07) is 11.1. The minimum Gasteiger partial charge on any atom is -0.493 e. The van der Waals surface area contributed by atoms with Crippen LogP contribution >= 0.6 is 11.6 Å². The van der Waals surface area contributed by atoms with E-state index < -0.39 is 0 Å². The Morgan fingerprint density at radius 1 is 1.30 bits per heavy atom. The molecular formula is C15H15ClN2O2. The maximum atomic E-state index is 11.7. The molecule has 104 valence electrons. The summed E-state index contributed by atoms with van der Waals surface area (Å²) >= 11 is 5.86. The molecule has 0 bridgehead atoms. The standard InChI is InChI=1S/C15H15ClN2O2/c1-11-4-6-12(7-5-11)20-10-8-14(19)18-13-3-2-9-17-15(13)16/h2-7,9H,8,10H2,1H3,(H,18,19). The van der Waals surface area contributed by atoms with Crippen LogP contribution in [-0.4, -0.2) is 17.5 Å². The van der Waals surface area contributed by atoms with Crippen molar-refractivity contribution < 1.29 is 9.53 Å². The molecule has 4 nitrogen and oxygen atoms in total. The third kappa shape index (κ3) is 4.24. The van der Waals surface area contributed by atoms with Gasteiger partial charge in [-0.3, -0.25) is 4.79 Å². The molecule has 1 N–H and O–H groups in total. The number of anilines is 1. The van der Waals surface area contributed by atoms with Crippen LogP contribution in [0.15, 0.2) is 42.6 Å². The summed E-state index contributed by atoms with van der Waals surface area (Å²) in [5.41, 5.74) is 1.68. The van der Waals surface area contributed by atoms with E-state index in [0.29, 0.717) is 12.3 Å². The predicted molar refractivity (Wildman–Crippen MR) is 79.2 cm³/mol. The fraction of sp³-hybridized carbons (Fsp3) is 0.200. The Bertz CT molecular complexity index is 585. The van der Waals surface area contributed by atoms with Crippen LogP contribution < -0.4 is 10.1 Å². The zero-order valence-electron chi connectivity index (χ0n) is 11.1. The Morgan fingerprint density at radius 3 is 2.75 bits per heavy atom. The first kappa shape index (κ1) is 14.3. The number of rotatable bonds is 5. The molecular weight excluding hydrogens is 276 g/mol. The van der Waals surface area contributed by atoms with Gasteiger partial charge in [0.15, 0.2) is 5.15 Å². The number of halogens is 1. The topological polar surface area (TPSA) is 51.2 Å². The van der Waals surface area contributed by atoms with Gasteiger partial charge in [-0.25, -0.2) is 4.98 Å². The van der Waals surface area contributed by atoms with E-state index in [0.717, 1.165) is 5.75 Å². The fourth-order valence-corrected chi connectivity index (χ4v) is 1.75. The highest BCUT2D eigenvalue weighted by molar-refractivity contribution is 6.32. The Labute approximate surface area is 122 Å². The monoisotopic (exact) mass is 290 g/mol. The summed E-state index contributed by atoms with van der Waals surface area (Å²) in [6.07, 6.45) is 1.82. The number of pyridine rings is 1. The van der Waals surface area contributed by atoms with Gasteiger partial charge in [0.2, 0.25) is 5.91 Å². The van der Waals surface area contributed by atoms with Crippen molar-refractivity contribution in [1.82, 2.24) is 4.98 Å². The largest absolute Gasteiger partial charge is 0.493 e. The summed E-state index contributed by atoms with van der Waals surface area (Å²) in [4.78, 5) is 15.6. The van der Waals surface area contributed by atoms with Gasteiger partial charge in [0.25, 0.3) is 0 Å². The fourth-order valence-electron chi connectivity index (χ4n) is 1.59. The molecule has 2 aromatic rings. The first-order valence-corrected chi connectivity index (χ1v) is 6.63. The van der Waals surface area contributed by atoms with Gasteiger partial charge < -0.3 is 10.1 Å². The van der Waals surface area contributed by atoms with Crippen molar-refractivity contribution in [2.75, 3.05) is 11.9 Å². The van der Waals surface area contributed by atoms with Crippen molar-refractivity contribution in [3.05, 3.63) is 53.3 Å². The maximum absolute atomic E-state index is 11.7. The number of nitrogens with one attached hydrogen (secondary N) is 1. The van der Waals surface area contributed by atoms with E-state index in [1.165, 1.54) is 5.56 Å². The number of nitrogens with zero attached hydrogens (tertiary/aromatic N) is 1. The van der Waals surface area contributed by atoms with Crippen molar-refractivity contribution in [3.63, 3.8) is 0 Å². The molecule has 1 aromatic carbocycles. The third-order valence-electron chi connectivity index (χ3n) is 2.65. The summed E-state index contributed by atoms with van der Waals surface area (Å²) < 4.78 is 5.49. The normalized spacial score (nSPS) is 10.1. The van der Waals surface area contributed by atoms with Gasteiger partial charge in [-0.1, -0.05) is 29.3 Å². The second-order valence-corrected chi connectivity index (χ2v) is 4.66. The maximum Gasteiger partial charge on any atom is 0.227 e. The molecule has 0 saturated heterocycles. The Kier molecular flexibility index (Phi) is 4.96. The van der Waals surface area contributed by atoms with Crippen molar-refractivity contribution in [3.8, 4) is 5.75 Å². The Morgan fingerprint density at radius 2 is 2.05 bits per heavy atom. The van der Waals surface area contributed by atoms with Gasteiger partial charge in [-0.05, 0) is 31.2 Å². The number of hydrogen-bond acceptors (Lipinski definition) is 3. The van der Waals surface area contributed by atoms with E-state index in [4.69, 9.17) is 16.3 Å². The van der Waals surface area contributed by atoms with Crippen molar-refractivity contribution in [2.45, 2.75) is 13.3 Å². The lowest BCUT2D eigenvalue weighted by atomic mass is 10.2. The van der Waals surface area contributed by atoms with Gasteiger partial charge in [0.05, 0.1) is 18.7 Å². The number of carbonyl (C=O) groups is 1.